The van der Waals surface area contributed by atoms with Crippen LogP contribution in [0.3, 0.4) is 0 Å². The minimum absolute atomic E-state index is 0.181. The first-order chi connectivity index (χ1) is 8.09. The summed E-state index contributed by atoms with van der Waals surface area (Å²) in [6.45, 7) is 5.44. The summed E-state index contributed by atoms with van der Waals surface area (Å²) in [7, 11) is -1.12. The molecule has 3 atom stereocenters. The molecule has 17 heavy (non-hydrogen) atoms. The number of rotatable bonds is 3. The second-order valence-corrected chi connectivity index (χ2v) is 6.46. The van der Waals surface area contributed by atoms with Crippen LogP contribution in [0.15, 0.2) is 29.2 Å². The summed E-state index contributed by atoms with van der Waals surface area (Å²) in [5.41, 5.74) is 1.25. The molecule has 1 aliphatic rings. The maximum atomic E-state index is 12.2. The van der Waals surface area contributed by atoms with Crippen molar-refractivity contribution in [3.8, 4) is 0 Å². The molecular formula is C13H19NO2S. The Morgan fingerprint density at radius 3 is 2.41 bits per heavy atom. The fraction of sp³-hybridized carbons (Fsp3) is 0.538. The van der Waals surface area contributed by atoms with Gasteiger partial charge in [-0.2, -0.15) is 0 Å². The molecule has 0 saturated carbocycles. The zero-order valence-corrected chi connectivity index (χ0v) is 11.0. The van der Waals surface area contributed by atoms with E-state index in [0.29, 0.717) is 19.0 Å². The highest BCUT2D eigenvalue weighted by Crippen LogP contribution is 2.20. The van der Waals surface area contributed by atoms with Crippen LogP contribution in [0, 0.1) is 0 Å². The molecule has 1 aromatic carbocycles. The summed E-state index contributed by atoms with van der Waals surface area (Å²) < 4.78 is 12.2. The number of β-amino-alcohol motifs (C(OH)–C–C–N with tert-alkyl or cyclic N) is 1. The third-order valence-electron chi connectivity index (χ3n) is 3.18. The van der Waals surface area contributed by atoms with Crippen LogP contribution >= 0.6 is 0 Å². The van der Waals surface area contributed by atoms with Crippen molar-refractivity contribution in [3.63, 3.8) is 0 Å². The summed E-state index contributed by atoms with van der Waals surface area (Å²) in [6, 6.07) is 7.87. The smallest absolute Gasteiger partial charge is 0.0823 e. The van der Waals surface area contributed by atoms with E-state index in [1.165, 1.54) is 5.56 Å². The number of aliphatic hydroxyl groups is 1. The van der Waals surface area contributed by atoms with Crippen LogP contribution in [0.25, 0.3) is 0 Å². The number of benzene rings is 1. The maximum Gasteiger partial charge on any atom is 0.0823 e. The van der Waals surface area contributed by atoms with Crippen LogP contribution in [-0.2, 0) is 10.8 Å². The van der Waals surface area contributed by atoms with E-state index in [4.69, 9.17) is 0 Å². The Hall–Kier alpha value is -0.710. The van der Waals surface area contributed by atoms with Crippen molar-refractivity contribution in [2.75, 3.05) is 13.1 Å². The standard InChI is InChI=1S/C13H19NO2S/c1-9(2)10-3-5-11(6-4-10)17(16)13-8-14-7-12(13)15/h3-6,9,12-15H,7-8H2,1-2H3/t12-,13-,17?/m0/s1. The monoisotopic (exact) mass is 253 g/mol. The van der Waals surface area contributed by atoms with E-state index >= 15 is 0 Å². The number of hydrogen-bond acceptors (Lipinski definition) is 3. The number of nitrogens with one attached hydrogen (secondary N) is 1. The lowest BCUT2D eigenvalue weighted by Gasteiger charge is -2.13. The molecule has 0 amide bonds. The lowest BCUT2D eigenvalue weighted by atomic mass is 10.0. The van der Waals surface area contributed by atoms with Crippen LogP contribution in [0.1, 0.15) is 25.3 Å². The van der Waals surface area contributed by atoms with Gasteiger partial charge in [-0.05, 0) is 23.6 Å². The quantitative estimate of drug-likeness (QED) is 0.852. The molecule has 0 spiro atoms. The van der Waals surface area contributed by atoms with Crippen molar-refractivity contribution in [1.29, 1.82) is 0 Å². The van der Waals surface area contributed by atoms with Crippen LogP contribution < -0.4 is 5.32 Å². The van der Waals surface area contributed by atoms with Crippen molar-refractivity contribution in [2.24, 2.45) is 0 Å². The van der Waals surface area contributed by atoms with Crippen molar-refractivity contribution in [2.45, 2.75) is 36.0 Å². The SMILES string of the molecule is CC(C)c1ccc(S(=O)[C@H]2CNC[C@@H]2O)cc1. The molecule has 0 bridgehead atoms. The van der Waals surface area contributed by atoms with Gasteiger partial charge in [0.2, 0.25) is 0 Å². The van der Waals surface area contributed by atoms with Gasteiger partial charge < -0.3 is 10.4 Å². The average Bonchev–Trinajstić information content (AvgIpc) is 2.74. The van der Waals surface area contributed by atoms with Gasteiger partial charge in [0, 0.05) is 18.0 Å². The maximum absolute atomic E-state index is 12.2. The van der Waals surface area contributed by atoms with Gasteiger partial charge in [-0.25, -0.2) is 0 Å². The van der Waals surface area contributed by atoms with Crippen molar-refractivity contribution >= 4 is 10.8 Å². The van der Waals surface area contributed by atoms with Gasteiger partial charge in [-0.1, -0.05) is 26.0 Å². The van der Waals surface area contributed by atoms with E-state index in [1.54, 1.807) is 0 Å². The summed E-state index contributed by atoms with van der Waals surface area (Å²) in [5, 5.41) is 12.6. The summed E-state index contributed by atoms with van der Waals surface area (Å²) in [4.78, 5) is 0.808. The summed E-state index contributed by atoms with van der Waals surface area (Å²) in [5.74, 6) is 0.483. The third-order valence-corrected chi connectivity index (χ3v) is 4.95. The first-order valence-corrected chi connectivity index (χ1v) is 7.20. The molecule has 94 valence electrons. The van der Waals surface area contributed by atoms with Crippen LogP contribution in [0.5, 0.6) is 0 Å². The Balaban J connectivity index is 2.14. The van der Waals surface area contributed by atoms with E-state index in [-0.39, 0.29) is 5.25 Å². The van der Waals surface area contributed by atoms with Crippen LogP contribution in [0.4, 0.5) is 0 Å². The topological polar surface area (TPSA) is 49.3 Å². The highest BCUT2D eigenvalue weighted by atomic mass is 32.2. The van der Waals surface area contributed by atoms with Gasteiger partial charge in [0.15, 0.2) is 0 Å². The summed E-state index contributed by atoms with van der Waals surface area (Å²) in [6.07, 6.45) is -0.499. The normalized spacial score (nSPS) is 26.4. The molecule has 1 aromatic rings. The molecule has 0 radical (unpaired) electrons. The molecule has 2 rings (SSSR count). The molecule has 1 heterocycles. The average molecular weight is 253 g/mol. The Morgan fingerprint density at radius 2 is 1.94 bits per heavy atom. The van der Waals surface area contributed by atoms with Gasteiger partial charge in [-0.3, -0.25) is 4.21 Å². The number of hydrogen-bond donors (Lipinski definition) is 2. The highest BCUT2D eigenvalue weighted by molar-refractivity contribution is 7.85. The molecule has 0 aliphatic carbocycles. The molecule has 3 nitrogen and oxygen atoms in total. The fourth-order valence-electron chi connectivity index (χ4n) is 2.02. The van der Waals surface area contributed by atoms with Crippen molar-refractivity contribution < 1.29 is 9.32 Å². The van der Waals surface area contributed by atoms with E-state index < -0.39 is 16.9 Å². The Labute approximate surface area is 105 Å². The highest BCUT2D eigenvalue weighted by Gasteiger charge is 2.30. The van der Waals surface area contributed by atoms with Gasteiger partial charge in [-0.15, -0.1) is 0 Å². The Kier molecular flexibility index (Phi) is 3.97. The molecule has 0 aromatic heterocycles. The summed E-state index contributed by atoms with van der Waals surface area (Å²) >= 11 is 0. The van der Waals surface area contributed by atoms with Crippen molar-refractivity contribution in [1.82, 2.24) is 5.32 Å². The van der Waals surface area contributed by atoms with Gasteiger partial charge in [0.05, 0.1) is 22.2 Å². The zero-order valence-electron chi connectivity index (χ0n) is 10.2. The van der Waals surface area contributed by atoms with Crippen LogP contribution in [0.2, 0.25) is 0 Å². The van der Waals surface area contributed by atoms with Gasteiger partial charge >= 0.3 is 0 Å². The minimum atomic E-state index is -1.12. The second-order valence-electron chi connectivity index (χ2n) is 4.79. The molecule has 1 aliphatic heterocycles. The van der Waals surface area contributed by atoms with Gasteiger partial charge in [0.1, 0.15) is 0 Å². The van der Waals surface area contributed by atoms with Crippen molar-refractivity contribution in [3.05, 3.63) is 29.8 Å². The predicted octanol–water partition coefficient (Wildman–Crippen LogP) is 1.25. The predicted molar refractivity (Wildman–Crippen MR) is 69.6 cm³/mol. The minimum Gasteiger partial charge on any atom is -0.390 e. The first kappa shape index (κ1) is 12.7. The second kappa shape index (κ2) is 5.29. The van der Waals surface area contributed by atoms with E-state index in [2.05, 4.69) is 19.2 Å². The Morgan fingerprint density at radius 1 is 1.29 bits per heavy atom. The first-order valence-electron chi connectivity index (χ1n) is 5.99. The molecule has 2 N–H and O–H groups in total. The Bertz CT molecular complexity index is 402. The molecular weight excluding hydrogens is 234 g/mol. The molecule has 1 saturated heterocycles. The van der Waals surface area contributed by atoms with Crippen LogP contribution in [-0.4, -0.2) is 33.8 Å². The molecule has 4 heteroatoms. The molecule has 1 fully saturated rings. The lowest BCUT2D eigenvalue weighted by Crippen LogP contribution is -2.28. The third kappa shape index (κ3) is 2.76. The van der Waals surface area contributed by atoms with E-state index in [1.807, 2.05) is 24.3 Å². The zero-order chi connectivity index (χ0) is 12.4. The fourth-order valence-corrected chi connectivity index (χ4v) is 3.43. The van der Waals surface area contributed by atoms with E-state index in [0.717, 1.165) is 4.90 Å². The number of aliphatic hydroxyl groups excluding tert-OH is 1. The largest absolute Gasteiger partial charge is 0.390 e. The molecule has 1 unspecified atom stereocenters. The lowest BCUT2D eigenvalue weighted by molar-refractivity contribution is 0.199. The van der Waals surface area contributed by atoms with Gasteiger partial charge in [0.25, 0.3) is 0 Å². The van der Waals surface area contributed by atoms with E-state index in [9.17, 15) is 9.32 Å².